The normalized spacial score (nSPS) is 14.2. The van der Waals surface area contributed by atoms with E-state index < -0.39 is 0 Å². The lowest BCUT2D eigenvalue weighted by Crippen LogP contribution is -2.25. The van der Waals surface area contributed by atoms with Gasteiger partial charge < -0.3 is 5.32 Å². The fourth-order valence-corrected chi connectivity index (χ4v) is 4.46. The molecule has 0 radical (unpaired) electrons. The van der Waals surface area contributed by atoms with Gasteiger partial charge in [-0.05, 0) is 56.1 Å². The molecule has 1 saturated heterocycles. The van der Waals surface area contributed by atoms with Gasteiger partial charge in [0, 0.05) is 12.2 Å². The number of rotatable bonds is 8. The van der Waals surface area contributed by atoms with E-state index in [4.69, 9.17) is 0 Å². The van der Waals surface area contributed by atoms with Crippen LogP contribution in [0.2, 0.25) is 0 Å². The summed E-state index contributed by atoms with van der Waals surface area (Å²) < 4.78 is 2.08. The number of carbonyl (C=O) groups is 1. The van der Waals surface area contributed by atoms with Crippen LogP contribution in [-0.4, -0.2) is 44.4 Å². The third-order valence-corrected chi connectivity index (χ3v) is 6.28. The molecule has 0 bridgehead atoms. The molecule has 3 aromatic rings. The molecule has 156 valence electrons. The molecule has 0 spiro atoms. The quantitative estimate of drug-likeness (QED) is 0.563. The summed E-state index contributed by atoms with van der Waals surface area (Å²) in [6.07, 6.45) is 2.48. The lowest BCUT2D eigenvalue weighted by atomic mass is 10.1. The van der Waals surface area contributed by atoms with Crippen molar-refractivity contribution in [1.29, 1.82) is 0 Å². The van der Waals surface area contributed by atoms with Gasteiger partial charge in [-0.2, -0.15) is 0 Å². The van der Waals surface area contributed by atoms with E-state index in [-0.39, 0.29) is 5.91 Å². The first kappa shape index (κ1) is 20.6. The number of amides is 1. The number of para-hydroxylation sites is 1. The van der Waals surface area contributed by atoms with Gasteiger partial charge in [-0.3, -0.25) is 14.3 Å². The van der Waals surface area contributed by atoms with E-state index in [0.717, 1.165) is 41.9 Å². The maximum atomic E-state index is 12.4. The number of nitrogens with zero attached hydrogens (tertiary/aromatic N) is 4. The topological polar surface area (TPSA) is 63.1 Å². The fourth-order valence-electron chi connectivity index (χ4n) is 3.66. The third-order valence-electron chi connectivity index (χ3n) is 5.35. The molecule has 4 rings (SSSR count). The van der Waals surface area contributed by atoms with Gasteiger partial charge in [0.25, 0.3) is 0 Å². The summed E-state index contributed by atoms with van der Waals surface area (Å²) in [5, 5.41) is 12.6. The summed E-state index contributed by atoms with van der Waals surface area (Å²) in [7, 11) is 0. The summed E-state index contributed by atoms with van der Waals surface area (Å²) in [4.78, 5) is 14.8. The highest BCUT2D eigenvalue weighted by Crippen LogP contribution is 2.23. The number of benzene rings is 2. The molecule has 1 aromatic heterocycles. The van der Waals surface area contributed by atoms with Crippen LogP contribution in [0.4, 0.5) is 0 Å². The van der Waals surface area contributed by atoms with Crippen LogP contribution >= 0.6 is 11.8 Å². The van der Waals surface area contributed by atoms with Crippen molar-refractivity contribution in [1.82, 2.24) is 25.0 Å². The lowest BCUT2D eigenvalue weighted by Gasteiger charge is -2.16. The van der Waals surface area contributed by atoms with Crippen molar-refractivity contribution in [2.45, 2.75) is 38.0 Å². The second kappa shape index (κ2) is 9.91. The van der Waals surface area contributed by atoms with Gasteiger partial charge in [-0.15, -0.1) is 10.2 Å². The Bertz CT molecular complexity index is 982. The number of hydrogen-bond donors (Lipinski definition) is 1. The molecule has 6 nitrogen and oxygen atoms in total. The first-order valence-electron chi connectivity index (χ1n) is 10.4. The SMILES string of the molecule is Cc1ccccc1CNC(=O)CSc1nnc(CN2CCCC2)n1-c1ccccc1. The van der Waals surface area contributed by atoms with Crippen LogP contribution < -0.4 is 5.32 Å². The molecular weight excluding hydrogens is 394 g/mol. The fraction of sp³-hybridized carbons (Fsp3) is 0.348. The highest BCUT2D eigenvalue weighted by molar-refractivity contribution is 7.99. The van der Waals surface area contributed by atoms with Gasteiger partial charge in [0.1, 0.15) is 0 Å². The summed E-state index contributed by atoms with van der Waals surface area (Å²) >= 11 is 1.43. The molecule has 0 aliphatic carbocycles. The Balaban J connectivity index is 1.43. The molecule has 2 aromatic carbocycles. The van der Waals surface area contributed by atoms with Gasteiger partial charge in [-0.25, -0.2) is 0 Å². The Morgan fingerprint density at radius 3 is 2.53 bits per heavy atom. The number of likely N-dealkylation sites (tertiary alicyclic amines) is 1. The lowest BCUT2D eigenvalue weighted by molar-refractivity contribution is -0.118. The van der Waals surface area contributed by atoms with E-state index in [0.29, 0.717) is 12.3 Å². The number of thioether (sulfide) groups is 1. The highest BCUT2D eigenvalue weighted by Gasteiger charge is 2.20. The smallest absolute Gasteiger partial charge is 0.230 e. The van der Waals surface area contributed by atoms with Crippen molar-refractivity contribution in [3.63, 3.8) is 0 Å². The highest BCUT2D eigenvalue weighted by atomic mass is 32.2. The average molecular weight is 422 g/mol. The number of carbonyl (C=O) groups excluding carboxylic acids is 1. The zero-order chi connectivity index (χ0) is 20.8. The maximum Gasteiger partial charge on any atom is 0.230 e. The Morgan fingerprint density at radius 2 is 1.77 bits per heavy atom. The molecule has 1 fully saturated rings. The second-order valence-corrected chi connectivity index (χ2v) is 8.49. The van der Waals surface area contributed by atoms with Crippen molar-refractivity contribution in [3.8, 4) is 5.69 Å². The maximum absolute atomic E-state index is 12.4. The average Bonchev–Trinajstić information content (AvgIpc) is 3.42. The van der Waals surface area contributed by atoms with Crippen LogP contribution in [0.1, 0.15) is 29.8 Å². The summed E-state index contributed by atoms with van der Waals surface area (Å²) in [6.45, 7) is 5.58. The molecule has 30 heavy (non-hydrogen) atoms. The van der Waals surface area contributed by atoms with Gasteiger partial charge in [0.05, 0.1) is 12.3 Å². The van der Waals surface area contributed by atoms with Gasteiger partial charge in [-0.1, -0.05) is 54.2 Å². The molecule has 2 heterocycles. The minimum Gasteiger partial charge on any atom is -0.351 e. The minimum absolute atomic E-state index is 0.00745. The van der Waals surface area contributed by atoms with Crippen LogP contribution in [0.25, 0.3) is 5.69 Å². The van der Waals surface area contributed by atoms with Crippen molar-refractivity contribution in [2.75, 3.05) is 18.8 Å². The molecule has 1 aliphatic rings. The first-order chi connectivity index (χ1) is 14.7. The Hall–Kier alpha value is -2.64. The van der Waals surface area contributed by atoms with Gasteiger partial charge in [0.2, 0.25) is 5.91 Å². The molecular formula is C23H27N5OS. The number of hydrogen-bond acceptors (Lipinski definition) is 5. The van der Waals surface area contributed by atoms with E-state index in [1.54, 1.807) is 0 Å². The van der Waals surface area contributed by atoms with E-state index in [2.05, 4.69) is 50.1 Å². The minimum atomic E-state index is -0.00745. The number of nitrogens with one attached hydrogen (secondary N) is 1. The standard InChI is InChI=1S/C23H27N5OS/c1-18-9-5-6-10-19(18)15-24-22(29)17-30-23-26-25-21(16-27-13-7-8-14-27)28(23)20-11-3-2-4-12-20/h2-6,9-12H,7-8,13-17H2,1H3,(H,24,29). The number of aryl methyl sites for hydroxylation is 1. The van der Waals surface area contributed by atoms with Crippen molar-refractivity contribution in [3.05, 3.63) is 71.5 Å². The molecule has 0 saturated carbocycles. The Kier molecular flexibility index (Phi) is 6.81. The molecule has 0 atom stereocenters. The summed E-state index contributed by atoms with van der Waals surface area (Å²) in [5.74, 6) is 1.22. The van der Waals surface area contributed by atoms with E-state index in [9.17, 15) is 4.79 Å². The molecule has 1 aliphatic heterocycles. The van der Waals surface area contributed by atoms with Crippen molar-refractivity contribution in [2.24, 2.45) is 0 Å². The van der Waals surface area contributed by atoms with Gasteiger partial charge in [0.15, 0.2) is 11.0 Å². The van der Waals surface area contributed by atoms with Crippen LogP contribution in [0.15, 0.2) is 59.8 Å². The van der Waals surface area contributed by atoms with Crippen molar-refractivity contribution < 1.29 is 4.79 Å². The van der Waals surface area contributed by atoms with Crippen molar-refractivity contribution >= 4 is 17.7 Å². The summed E-state index contributed by atoms with van der Waals surface area (Å²) in [6, 6.07) is 18.2. The number of aromatic nitrogens is 3. The summed E-state index contributed by atoms with van der Waals surface area (Å²) in [5.41, 5.74) is 3.34. The Labute approximate surface area is 181 Å². The molecule has 1 N–H and O–H groups in total. The predicted octanol–water partition coefficient (Wildman–Crippen LogP) is 3.58. The van der Waals surface area contributed by atoms with Crippen LogP contribution in [0, 0.1) is 6.92 Å². The van der Waals surface area contributed by atoms with Crippen LogP contribution in [-0.2, 0) is 17.9 Å². The monoisotopic (exact) mass is 421 g/mol. The third kappa shape index (κ3) is 5.09. The molecule has 7 heteroatoms. The van der Waals surface area contributed by atoms with E-state index in [1.807, 2.05) is 36.4 Å². The van der Waals surface area contributed by atoms with E-state index in [1.165, 1.54) is 30.2 Å². The van der Waals surface area contributed by atoms with Crippen LogP contribution in [0.3, 0.4) is 0 Å². The van der Waals surface area contributed by atoms with Gasteiger partial charge >= 0.3 is 0 Å². The molecule has 1 amide bonds. The second-order valence-electron chi connectivity index (χ2n) is 7.54. The Morgan fingerprint density at radius 1 is 1.03 bits per heavy atom. The predicted molar refractivity (Wildman–Crippen MR) is 120 cm³/mol. The largest absolute Gasteiger partial charge is 0.351 e. The first-order valence-corrected chi connectivity index (χ1v) is 11.4. The van der Waals surface area contributed by atoms with E-state index >= 15 is 0 Å². The zero-order valence-electron chi connectivity index (χ0n) is 17.3. The molecule has 0 unspecified atom stereocenters. The zero-order valence-corrected chi connectivity index (χ0v) is 18.1. The van der Waals surface area contributed by atoms with Crippen LogP contribution in [0.5, 0.6) is 0 Å².